The molecule has 0 amide bonds. The van der Waals surface area contributed by atoms with Gasteiger partial charge < -0.3 is 15.0 Å². The van der Waals surface area contributed by atoms with Crippen LogP contribution in [0.4, 0.5) is 0 Å². The van der Waals surface area contributed by atoms with E-state index in [1.54, 1.807) is 0 Å². The lowest BCUT2D eigenvalue weighted by Crippen LogP contribution is -2.46. The van der Waals surface area contributed by atoms with Gasteiger partial charge in [-0.15, -0.1) is 0 Å². The van der Waals surface area contributed by atoms with E-state index in [2.05, 4.69) is 10.2 Å². The van der Waals surface area contributed by atoms with Crippen LogP contribution in [0.25, 0.3) is 0 Å². The number of nitrogens with one attached hydrogen (secondary N) is 1. The largest absolute Gasteiger partial charge is 0.375 e. The molecule has 1 N–H and O–H groups in total. The molecule has 3 heteroatoms. The van der Waals surface area contributed by atoms with E-state index < -0.39 is 0 Å². The van der Waals surface area contributed by atoms with Crippen molar-refractivity contribution in [3.63, 3.8) is 0 Å². The monoisotopic (exact) mass is 236 g/mol. The van der Waals surface area contributed by atoms with Gasteiger partial charge >= 0.3 is 0 Å². The first-order valence-electron chi connectivity index (χ1n) is 7.49. The SMILES string of the molecule is C1CC2OC1CC2CNC1CCN2CCC1C2. The van der Waals surface area contributed by atoms with Crippen LogP contribution in [0.15, 0.2) is 0 Å². The van der Waals surface area contributed by atoms with Gasteiger partial charge in [-0.1, -0.05) is 0 Å². The van der Waals surface area contributed by atoms with Crippen molar-refractivity contribution in [3.8, 4) is 0 Å². The summed E-state index contributed by atoms with van der Waals surface area (Å²) in [6.45, 7) is 5.23. The molecular weight excluding hydrogens is 212 g/mol. The summed E-state index contributed by atoms with van der Waals surface area (Å²) in [5, 5.41) is 3.87. The lowest BCUT2D eigenvalue weighted by Gasteiger charge is -2.32. The Labute approximate surface area is 104 Å². The standard InChI is InChI=1S/C14H24N2O/c1-2-14-11(7-12(1)17-14)8-15-13-4-6-16-5-3-10(13)9-16/h10-15H,1-9H2. The molecule has 4 aliphatic rings. The van der Waals surface area contributed by atoms with Gasteiger partial charge in [-0.05, 0) is 51.1 Å². The van der Waals surface area contributed by atoms with Gasteiger partial charge in [0.25, 0.3) is 0 Å². The highest BCUT2D eigenvalue weighted by molar-refractivity contribution is 4.94. The Hall–Kier alpha value is -0.120. The fraction of sp³-hybridized carbons (Fsp3) is 1.00. The zero-order valence-corrected chi connectivity index (χ0v) is 10.6. The van der Waals surface area contributed by atoms with E-state index >= 15 is 0 Å². The molecule has 0 aromatic rings. The highest BCUT2D eigenvalue weighted by Crippen LogP contribution is 2.38. The second kappa shape index (κ2) is 4.22. The number of rotatable bonds is 3. The van der Waals surface area contributed by atoms with Crippen molar-refractivity contribution in [3.05, 3.63) is 0 Å². The molecule has 4 aliphatic heterocycles. The third-order valence-corrected chi connectivity index (χ3v) is 5.51. The van der Waals surface area contributed by atoms with Crippen molar-refractivity contribution in [1.82, 2.24) is 10.2 Å². The normalized spacial score (nSPS) is 52.2. The van der Waals surface area contributed by atoms with Crippen molar-refractivity contribution < 1.29 is 4.74 Å². The third kappa shape index (κ3) is 1.92. The highest BCUT2D eigenvalue weighted by Gasteiger charge is 2.41. The van der Waals surface area contributed by atoms with Crippen molar-refractivity contribution >= 4 is 0 Å². The van der Waals surface area contributed by atoms with Crippen LogP contribution in [0.1, 0.15) is 32.1 Å². The number of hydrogen-bond donors (Lipinski definition) is 1. The second-order valence-corrected chi connectivity index (χ2v) is 6.52. The molecular formula is C14H24N2O. The lowest BCUT2D eigenvalue weighted by molar-refractivity contribution is 0.0909. The molecule has 4 rings (SSSR count). The first-order valence-corrected chi connectivity index (χ1v) is 7.49. The van der Waals surface area contributed by atoms with E-state index in [1.165, 1.54) is 58.3 Å². The minimum absolute atomic E-state index is 0.594. The Morgan fingerprint density at radius 3 is 2.88 bits per heavy atom. The van der Waals surface area contributed by atoms with E-state index in [9.17, 15) is 0 Å². The lowest BCUT2D eigenvalue weighted by atomic mass is 9.88. The van der Waals surface area contributed by atoms with Gasteiger partial charge in [0.2, 0.25) is 0 Å². The van der Waals surface area contributed by atoms with E-state index in [0.717, 1.165) is 17.9 Å². The molecule has 0 spiro atoms. The van der Waals surface area contributed by atoms with Gasteiger partial charge in [0.1, 0.15) is 0 Å². The molecule has 4 heterocycles. The first-order chi connectivity index (χ1) is 8.38. The smallest absolute Gasteiger partial charge is 0.0621 e. The van der Waals surface area contributed by atoms with Gasteiger partial charge in [-0.2, -0.15) is 0 Å². The van der Waals surface area contributed by atoms with Crippen molar-refractivity contribution in [2.24, 2.45) is 11.8 Å². The minimum atomic E-state index is 0.594. The topological polar surface area (TPSA) is 24.5 Å². The summed E-state index contributed by atoms with van der Waals surface area (Å²) in [5.74, 6) is 1.75. The van der Waals surface area contributed by atoms with Gasteiger partial charge in [-0.3, -0.25) is 0 Å². The van der Waals surface area contributed by atoms with E-state index in [0.29, 0.717) is 12.2 Å². The van der Waals surface area contributed by atoms with Gasteiger partial charge in [0.05, 0.1) is 12.2 Å². The number of fused-ring (bicyclic) bond motifs is 4. The molecule has 0 saturated carbocycles. The maximum Gasteiger partial charge on any atom is 0.0621 e. The van der Waals surface area contributed by atoms with Crippen LogP contribution < -0.4 is 5.32 Å². The Morgan fingerprint density at radius 1 is 1.12 bits per heavy atom. The Balaban J connectivity index is 1.30. The Morgan fingerprint density at radius 2 is 2.06 bits per heavy atom. The predicted octanol–water partition coefficient (Wildman–Crippen LogP) is 1.24. The molecule has 6 unspecified atom stereocenters. The van der Waals surface area contributed by atoms with Crippen molar-refractivity contribution in [2.45, 2.75) is 50.4 Å². The van der Waals surface area contributed by atoms with Gasteiger partial charge in [0, 0.05) is 25.0 Å². The molecule has 4 saturated heterocycles. The Kier molecular flexibility index (Phi) is 2.67. The highest BCUT2D eigenvalue weighted by atomic mass is 16.5. The summed E-state index contributed by atoms with van der Waals surface area (Å²) in [6.07, 6.45) is 7.95. The molecule has 3 nitrogen and oxygen atoms in total. The van der Waals surface area contributed by atoms with Crippen LogP contribution in [0.5, 0.6) is 0 Å². The van der Waals surface area contributed by atoms with Crippen LogP contribution >= 0.6 is 0 Å². The van der Waals surface area contributed by atoms with Crippen molar-refractivity contribution in [1.29, 1.82) is 0 Å². The van der Waals surface area contributed by atoms with Crippen LogP contribution in [-0.2, 0) is 4.74 Å². The maximum atomic E-state index is 5.94. The van der Waals surface area contributed by atoms with E-state index in [-0.39, 0.29) is 0 Å². The maximum absolute atomic E-state index is 5.94. The fourth-order valence-electron chi connectivity index (χ4n) is 4.48. The molecule has 0 aromatic heterocycles. The van der Waals surface area contributed by atoms with Crippen LogP contribution in [-0.4, -0.2) is 49.3 Å². The molecule has 0 aromatic carbocycles. The predicted molar refractivity (Wildman–Crippen MR) is 67.0 cm³/mol. The summed E-state index contributed by atoms with van der Waals surface area (Å²) in [4.78, 5) is 2.63. The Bertz CT molecular complexity index is 296. The number of nitrogens with zero attached hydrogens (tertiary/aromatic N) is 1. The summed E-state index contributed by atoms with van der Waals surface area (Å²) in [6, 6.07) is 0.799. The number of ether oxygens (including phenoxy) is 1. The summed E-state index contributed by atoms with van der Waals surface area (Å²) in [5.41, 5.74) is 0. The molecule has 17 heavy (non-hydrogen) atoms. The third-order valence-electron chi connectivity index (χ3n) is 5.51. The van der Waals surface area contributed by atoms with E-state index in [1.807, 2.05) is 0 Å². The zero-order valence-electron chi connectivity index (χ0n) is 10.6. The molecule has 96 valence electrons. The van der Waals surface area contributed by atoms with Gasteiger partial charge in [0.15, 0.2) is 0 Å². The molecule has 0 radical (unpaired) electrons. The number of hydrogen-bond acceptors (Lipinski definition) is 3. The molecule has 6 atom stereocenters. The van der Waals surface area contributed by atoms with Crippen LogP contribution in [0.3, 0.4) is 0 Å². The summed E-state index contributed by atoms with van der Waals surface area (Å²) < 4.78 is 5.94. The van der Waals surface area contributed by atoms with Gasteiger partial charge in [-0.25, -0.2) is 0 Å². The zero-order chi connectivity index (χ0) is 11.2. The molecule has 4 bridgehead atoms. The van der Waals surface area contributed by atoms with E-state index in [4.69, 9.17) is 4.74 Å². The fourth-order valence-corrected chi connectivity index (χ4v) is 4.48. The van der Waals surface area contributed by atoms with Crippen LogP contribution in [0, 0.1) is 11.8 Å². The molecule has 0 aliphatic carbocycles. The first kappa shape index (κ1) is 10.8. The summed E-state index contributed by atoms with van der Waals surface area (Å²) in [7, 11) is 0. The second-order valence-electron chi connectivity index (χ2n) is 6.52. The van der Waals surface area contributed by atoms with Crippen LogP contribution in [0.2, 0.25) is 0 Å². The average molecular weight is 236 g/mol. The molecule has 4 fully saturated rings. The summed E-state index contributed by atoms with van der Waals surface area (Å²) >= 11 is 0. The number of piperidine rings is 1. The minimum Gasteiger partial charge on any atom is -0.375 e. The average Bonchev–Trinajstić information content (AvgIpc) is 3.04. The van der Waals surface area contributed by atoms with Crippen molar-refractivity contribution in [2.75, 3.05) is 26.2 Å². The quantitative estimate of drug-likeness (QED) is 0.798.